The smallest absolute Gasteiger partial charge is 0.141 e. The first-order valence-corrected chi connectivity index (χ1v) is 7.27. The number of rotatable bonds is 3. The third-order valence-electron chi connectivity index (χ3n) is 4.14. The molecule has 0 saturated carbocycles. The summed E-state index contributed by atoms with van der Waals surface area (Å²) in [4.78, 5) is 0. The molecule has 0 saturated heterocycles. The van der Waals surface area contributed by atoms with Crippen molar-refractivity contribution in [1.29, 1.82) is 0 Å². The van der Waals surface area contributed by atoms with E-state index in [1.165, 1.54) is 17.2 Å². The zero-order valence-corrected chi connectivity index (χ0v) is 11.9. The molecule has 0 aliphatic heterocycles. The molecule has 3 rings (SSSR count). The summed E-state index contributed by atoms with van der Waals surface area (Å²) in [6.45, 7) is 0. The van der Waals surface area contributed by atoms with E-state index in [2.05, 4.69) is 24.3 Å². The van der Waals surface area contributed by atoms with Crippen LogP contribution in [0, 0.1) is 11.7 Å². The fraction of sp³-hybridized carbons (Fsp3) is 0.294. The van der Waals surface area contributed by atoms with Gasteiger partial charge in [-0.2, -0.15) is 0 Å². The molecular formula is C17H17ClFN. The minimum Gasteiger partial charge on any atom is -0.327 e. The lowest BCUT2D eigenvalue weighted by Gasteiger charge is -2.19. The third-order valence-corrected chi connectivity index (χ3v) is 4.43. The maximum Gasteiger partial charge on any atom is 0.141 e. The molecule has 0 amide bonds. The molecule has 1 nitrogen and oxygen atoms in total. The minimum atomic E-state index is -0.378. The highest BCUT2D eigenvalue weighted by Crippen LogP contribution is 2.29. The van der Waals surface area contributed by atoms with Crippen molar-refractivity contribution in [3.05, 3.63) is 70.0 Å². The predicted molar refractivity (Wildman–Crippen MR) is 80.4 cm³/mol. The van der Waals surface area contributed by atoms with Crippen molar-refractivity contribution >= 4 is 11.6 Å². The Morgan fingerprint density at radius 1 is 1.15 bits per heavy atom. The summed E-state index contributed by atoms with van der Waals surface area (Å²) in [6, 6.07) is 13.4. The summed E-state index contributed by atoms with van der Waals surface area (Å²) < 4.78 is 13.2. The van der Waals surface area contributed by atoms with Crippen molar-refractivity contribution in [3.8, 4) is 0 Å². The molecule has 20 heavy (non-hydrogen) atoms. The summed E-state index contributed by atoms with van der Waals surface area (Å²) in [7, 11) is 0. The highest BCUT2D eigenvalue weighted by atomic mass is 35.5. The summed E-state index contributed by atoms with van der Waals surface area (Å²) in [6.07, 6.45) is 2.80. The molecule has 2 aromatic rings. The van der Waals surface area contributed by atoms with Crippen molar-refractivity contribution < 1.29 is 4.39 Å². The van der Waals surface area contributed by atoms with Crippen LogP contribution >= 0.6 is 11.6 Å². The SMILES string of the molecule is NC(Cc1ccc(F)c(Cl)c1)C1Cc2ccccc2C1. The lowest BCUT2D eigenvalue weighted by atomic mass is 9.92. The van der Waals surface area contributed by atoms with E-state index in [4.69, 9.17) is 17.3 Å². The van der Waals surface area contributed by atoms with E-state index in [-0.39, 0.29) is 16.9 Å². The molecule has 1 atom stereocenters. The fourth-order valence-electron chi connectivity index (χ4n) is 3.00. The molecule has 2 N–H and O–H groups in total. The van der Waals surface area contributed by atoms with Gasteiger partial charge in [0.2, 0.25) is 0 Å². The van der Waals surface area contributed by atoms with Gasteiger partial charge in [-0.15, -0.1) is 0 Å². The first-order chi connectivity index (χ1) is 9.63. The normalized spacial score (nSPS) is 16.1. The summed E-state index contributed by atoms with van der Waals surface area (Å²) in [5.41, 5.74) is 10.2. The Morgan fingerprint density at radius 2 is 1.80 bits per heavy atom. The van der Waals surface area contributed by atoms with Crippen LogP contribution in [0.25, 0.3) is 0 Å². The van der Waals surface area contributed by atoms with Gasteiger partial charge in [0, 0.05) is 6.04 Å². The van der Waals surface area contributed by atoms with Crippen LogP contribution in [0.1, 0.15) is 16.7 Å². The van der Waals surface area contributed by atoms with Gasteiger partial charge in [0.05, 0.1) is 5.02 Å². The molecule has 1 unspecified atom stereocenters. The quantitative estimate of drug-likeness (QED) is 0.915. The molecule has 0 spiro atoms. The number of halogens is 2. The van der Waals surface area contributed by atoms with Crippen LogP contribution in [0.15, 0.2) is 42.5 Å². The highest BCUT2D eigenvalue weighted by molar-refractivity contribution is 6.30. The van der Waals surface area contributed by atoms with Gasteiger partial charge in [-0.25, -0.2) is 4.39 Å². The van der Waals surface area contributed by atoms with Crippen molar-refractivity contribution in [3.63, 3.8) is 0 Å². The van der Waals surface area contributed by atoms with Crippen LogP contribution in [-0.2, 0) is 19.3 Å². The number of hydrogen-bond donors (Lipinski definition) is 1. The molecule has 2 aromatic carbocycles. The van der Waals surface area contributed by atoms with Crippen LogP contribution in [0.4, 0.5) is 4.39 Å². The Morgan fingerprint density at radius 3 is 2.40 bits per heavy atom. The molecule has 0 fully saturated rings. The van der Waals surface area contributed by atoms with Gasteiger partial charge in [0.1, 0.15) is 5.82 Å². The Bertz CT molecular complexity index is 601. The Labute approximate surface area is 123 Å². The van der Waals surface area contributed by atoms with Crippen molar-refractivity contribution in [1.82, 2.24) is 0 Å². The summed E-state index contributed by atoms with van der Waals surface area (Å²) >= 11 is 5.81. The van der Waals surface area contributed by atoms with Crippen LogP contribution < -0.4 is 5.73 Å². The van der Waals surface area contributed by atoms with Gasteiger partial charge in [-0.3, -0.25) is 0 Å². The zero-order valence-electron chi connectivity index (χ0n) is 11.2. The maximum atomic E-state index is 13.2. The molecule has 0 radical (unpaired) electrons. The van der Waals surface area contributed by atoms with Gasteiger partial charge in [-0.05, 0) is 54.0 Å². The second-order valence-electron chi connectivity index (χ2n) is 5.55. The van der Waals surface area contributed by atoms with Gasteiger partial charge < -0.3 is 5.73 Å². The van der Waals surface area contributed by atoms with E-state index >= 15 is 0 Å². The summed E-state index contributed by atoms with van der Waals surface area (Å²) in [5.74, 6) is 0.0773. The van der Waals surface area contributed by atoms with Gasteiger partial charge in [0.25, 0.3) is 0 Å². The molecule has 1 aliphatic rings. The maximum absolute atomic E-state index is 13.2. The van der Waals surface area contributed by atoms with Gasteiger partial charge >= 0.3 is 0 Å². The third kappa shape index (κ3) is 2.72. The summed E-state index contributed by atoms with van der Waals surface area (Å²) in [5, 5.41) is 0.171. The second kappa shape index (κ2) is 5.55. The molecule has 1 aliphatic carbocycles. The van der Waals surface area contributed by atoms with Crippen molar-refractivity contribution in [2.24, 2.45) is 11.7 Å². The van der Waals surface area contributed by atoms with E-state index in [0.29, 0.717) is 5.92 Å². The van der Waals surface area contributed by atoms with Crippen molar-refractivity contribution in [2.45, 2.75) is 25.3 Å². The van der Waals surface area contributed by atoms with E-state index in [0.717, 1.165) is 24.8 Å². The van der Waals surface area contributed by atoms with E-state index in [1.807, 2.05) is 0 Å². The number of benzene rings is 2. The van der Waals surface area contributed by atoms with Crippen LogP contribution in [0.2, 0.25) is 5.02 Å². The molecule has 0 aromatic heterocycles. The number of hydrogen-bond acceptors (Lipinski definition) is 1. The molecular weight excluding hydrogens is 273 g/mol. The van der Waals surface area contributed by atoms with Crippen LogP contribution in [0.3, 0.4) is 0 Å². The Kier molecular flexibility index (Phi) is 3.77. The molecule has 3 heteroatoms. The molecule has 0 heterocycles. The van der Waals surface area contributed by atoms with Crippen LogP contribution in [-0.4, -0.2) is 6.04 Å². The monoisotopic (exact) mass is 289 g/mol. The lowest BCUT2D eigenvalue weighted by molar-refractivity contribution is 0.437. The number of nitrogens with two attached hydrogens (primary N) is 1. The first kappa shape index (κ1) is 13.6. The van der Waals surface area contributed by atoms with E-state index < -0.39 is 0 Å². The largest absolute Gasteiger partial charge is 0.327 e. The average molecular weight is 290 g/mol. The number of fused-ring (bicyclic) bond motifs is 1. The zero-order chi connectivity index (χ0) is 14.1. The lowest BCUT2D eigenvalue weighted by Crippen LogP contribution is -2.32. The fourth-order valence-corrected chi connectivity index (χ4v) is 3.20. The van der Waals surface area contributed by atoms with Crippen molar-refractivity contribution in [2.75, 3.05) is 0 Å². The first-order valence-electron chi connectivity index (χ1n) is 6.90. The van der Waals surface area contributed by atoms with Gasteiger partial charge in [-0.1, -0.05) is 41.9 Å². The standard InChI is InChI=1S/C17H17ClFN/c18-15-7-11(5-6-16(15)19)8-17(20)14-9-12-3-1-2-4-13(12)10-14/h1-7,14,17H,8-10,20H2. The van der Waals surface area contributed by atoms with E-state index in [9.17, 15) is 4.39 Å². The van der Waals surface area contributed by atoms with Gasteiger partial charge in [0.15, 0.2) is 0 Å². The predicted octanol–water partition coefficient (Wildman–Crippen LogP) is 3.76. The van der Waals surface area contributed by atoms with E-state index in [1.54, 1.807) is 12.1 Å². The minimum absolute atomic E-state index is 0.0731. The molecule has 104 valence electrons. The highest BCUT2D eigenvalue weighted by Gasteiger charge is 2.26. The Balaban J connectivity index is 1.69. The Hall–Kier alpha value is -1.38. The average Bonchev–Trinajstić information content (AvgIpc) is 2.87. The van der Waals surface area contributed by atoms with Crippen LogP contribution in [0.5, 0.6) is 0 Å². The molecule has 0 bridgehead atoms. The topological polar surface area (TPSA) is 26.0 Å². The second-order valence-corrected chi connectivity index (χ2v) is 5.96.